The monoisotopic (exact) mass is 202 g/mol. The smallest absolute Gasteiger partial charge is 0.180 e. The van der Waals surface area contributed by atoms with E-state index in [1.54, 1.807) is 0 Å². The standard InChI is InChI=1S/C8H16.C3H6O3/c1-2-4-6-8-7-5-3-1;1-2-5-6-3-4-1/h1-8H2;1-3H2. The SMILES string of the molecule is C1CCCCCCC1.C1COOCO1. The molecule has 0 atom stereocenters. The van der Waals surface area contributed by atoms with Gasteiger partial charge in [-0.25, -0.2) is 9.78 Å². The van der Waals surface area contributed by atoms with Crippen molar-refractivity contribution in [3.05, 3.63) is 0 Å². The molecule has 0 N–H and O–H groups in total. The number of hydrogen-bond acceptors (Lipinski definition) is 3. The van der Waals surface area contributed by atoms with Crippen LogP contribution in [-0.4, -0.2) is 20.0 Å². The zero-order chi connectivity index (χ0) is 9.90. The lowest BCUT2D eigenvalue weighted by molar-refractivity contribution is -0.373. The molecule has 0 amide bonds. The van der Waals surface area contributed by atoms with Gasteiger partial charge in [0.2, 0.25) is 0 Å². The van der Waals surface area contributed by atoms with E-state index in [1.807, 2.05) is 0 Å². The van der Waals surface area contributed by atoms with Crippen molar-refractivity contribution in [3.8, 4) is 0 Å². The first-order chi connectivity index (χ1) is 7.00. The largest absolute Gasteiger partial charge is 0.350 e. The molecule has 1 saturated heterocycles. The Morgan fingerprint density at radius 3 is 1.14 bits per heavy atom. The molecule has 0 radical (unpaired) electrons. The van der Waals surface area contributed by atoms with Gasteiger partial charge in [0.1, 0.15) is 6.61 Å². The third kappa shape index (κ3) is 7.30. The summed E-state index contributed by atoms with van der Waals surface area (Å²) >= 11 is 0. The van der Waals surface area contributed by atoms with E-state index in [0.29, 0.717) is 13.2 Å². The summed E-state index contributed by atoms with van der Waals surface area (Å²) in [5.41, 5.74) is 0. The second-order valence-corrected chi connectivity index (χ2v) is 3.79. The van der Waals surface area contributed by atoms with Crippen LogP contribution in [0.1, 0.15) is 51.4 Å². The molecule has 0 aromatic carbocycles. The zero-order valence-corrected chi connectivity index (χ0v) is 9.00. The molecule has 0 aromatic rings. The van der Waals surface area contributed by atoms with Crippen LogP contribution in [0.3, 0.4) is 0 Å². The molecule has 0 aromatic heterocycles. The molecule has 2 aliphatic rings. The maximum Gasteiger partial charge on any atom is 0.180 e. The van der Waals surface area contributed by atoms with Crippen LogP contribution in [0.2, 0.25) is 0 Å². The molecule has 0 bridgehead atoms. The quantitative estimate of drug-likeness (QED) is 0.565. The van der Waals surface area contributed by atoms with Gasteiger partial charge in [-0.1, -0.05) is 51.4 Å². The lowest BCUT2D eigenvalue weighted by Gasteiger charge is -2.08. The lowest BCUT2D eigenvalue weighted by Crippen LogP contribution is -2.14. The van der Waals surface area contributed by atoms with Gasteiger partial charge in [-0.3, -0.25) is 0 Å². The van der Waals surface area contributed by atoms with E-state index >= 15 is 0 Å². The van der Waals surface area contributed by atoms with E-state index in [9.17, 15) is 0 Å². The van der Waals surface area contributed by atoms with E-state index in [1.165, 1.54) is 51.4 Å². The fourth-order valence-electron chi connectivity index (χ4n) is 1.69. The molecule has 3 nitrogen and oxygen atoms in total. The minimum atomic E-state index is 0.278. The molecule has 1 aliphatic heterocycles. The van der Waals surface area contributed by atoms with E-state index in [4.69, 9.17) is 4.74 Å². The topological polar surface area (TPSA) is 27.7 Å². The minimum absolute atomic E-state index is 0.278. The third-order valence-corrected chi connectivity index (χ3v) is 2.53. The molecule has 1 saturated carbocycles. The Balaban J connectivity index is 0.000000146. The summed E-state index contributed by atoms with van der Waals surface area (Å²) in [5.74, 6) is 0. The van der Waals surface area contributed by atoms with Crippen molar-refractivity contribution in [2.75, 3.05) is 20.0 Å². The lowest BCUT2D eigenvalue weighted by atomic mass is 10.0. The first-order valence-electron chi connectivity index (χ1n) is 5.82. The highest BCUT2D eigenvalue weighted by molar-refractivity contribution is 4.51. The van der Waals surface area contributed by atoms with Crippen LogP contribution >= 0.6 is 0 Å². The van der Waals surface area contributed by atoms with Crippen molar-refractivity contribution in [2.24, 2.45) is 0 Å². The van der Waals surface area contributed by atoms with Crippen molar-refractivity contribution < 1.29 is 14.5 Å². The van der Waals surface area contributed by atoms with Crippen molar-refractivity contribution in [2.45, 2.75) is 51.4 Å². The Kier molecular flexibility index (Phi) is 8.06. The van der Waals surface area contributed by atoms with E-state index in [-0.39, 0.29) is 6.79 Å². The predicted octanol–water partition coefficient (Wildman–Crippen LogP) is 3.04. The van der Waals surface area contributed by atoms with Crippen LogP contribution in [0.25, 0.3) is 0 Å². The van der Waals surface area contributed by atoms with Crippen LogP contribution in [-0.2, 0) is 14.5 Å². The predicted molar refractivity (Wildman–Crippen MR) is 54.8 cm³/mol. The number of hydrogen-bond donors (Lipinski definition) is 0. The molecule has 3 heteroatoms. The summed E-state index contributed by atoms with van der Waals surface area (Å²) in [7, 11) is 0. The molecular weight excluding hydrogens is 180 g/mol. The second kappa shape index (κ2) is 9.44. The fourth-order valence-corrected chi connectivity index (χ4v) is 1.69. The minimum Gasteiger partial charge on any atom is -0.350 e. The van der Waals surface area contributed by atoms with Gasteiger partial charge in [0.25, 0.3) is 0 Å². The highest BCUT2D eigenvalue weighted by Gasteiger charge is 1.96. The zero-order valence-electron chi connectivity index (χ0n) is 9.00. The molecular formula is C11H22O3. The van der Waals surface area contributed by atoms with Crippen LogP contribution < -0.4 is 0 Å². The fraction of sp³-hybridized carbons (Fsp3) is 1.00. The first-order valence-corrected chi connectivity index (χ1v) is 5.82. The molecule has 14 heavy (non-hydrogen) atoms. The van der Waals surface area contributed by atoms with Crippen molar-refractivity contribution in [1.82, 2.24) is 0 Å². The average molecular weight is 202 g/mol. The van der Waals surface area contributed by atoms with Crippen molar-refractivity contribution >= 4 is 0 Å². The summed E-state index contributed by atoms with van der Waals surface area (Å²) in [6, 6.07) is 0. The maximum absolute atomic E-state index is 4.72. The Morgan fingerprint density at radius 1 is 0.500 bits per heavy atom. The van der Waals surface area contributed by atoms with Crippen molar-refractivity contribution in [1.29, 1.82) is 0 Å². The van der Waals surface area contributed by atoms with E-state index in [0.717, 1.165) is 0 Å². The van der Waals surface area contributed by atoms with Gasteiger partial charge in [-0.05, 0) is 0 Å². The normalized spacial score (nSPS) is 24.0. The van der Waals surface area contributed by atoms with Gasteiger partial charge in [0, 0.05) is 0 Å². The first kappa shape index (κ1) is 12.0. The molecule has 2 fully saturated rings. The molecule has 1 aliphatic carbocycles. The van der Waals surface area contributed by atoms with Gasteiger partial charge >= 0.3 is 0 Å². The van der Waals surface area contributed by atoms with Crippen LogP contribution in [0.5, 0.6) is 0 Å². The summed E-state index contributed by atoms with van der Waals surface area (Å²) in [6.45, 7) is 1.49. The Morgan fingerprint density at radius 2 is 1.00 bits per heavy atom. The van der Waals surface area contributed by atoms with Gasteiger partial charge < -0.3 is 4.74 Å². The van der Waals surface area contributed by atoms with Crippen molar-refractivity contribution in [3.63, 3.8) is 0 Å². The molecule has 2 rings (SSSR count). The molecule has 1 heterocycles. The Bertz CT molecular complexity index is 77.6. The Labute approximate surface area is 86.7 Å². The molecule has 0 spiro atoms. The molecule has 0 unspecified atom stereocenters. The second-order valence-electron chi connectivity index (χ2n) is 3.79. The van der Waals surface area contributed by atoms with Gasteiger partial charge in [0.15, 0.2) is 6.79 Å². The Hall–Kier alpha value is -0.120. The van der Waals surface area contributed by atoms with Crippen LogP contribution in [0.4, 0.5) is 0 Å². The van der Waals surface area contributed by atoms with Crippen LogP contribution in [0, 0.1) is 0 Å². The average Bonchev–Trinajstić information content (AvgIpc) is 2.20. The summed E-state index contributed by atoms with van der Waals surface area (Å²) in [5, 5.41) is 0. The molecule has 84 valence electrons. The van der Waals surface area contributed by atoms with E-state index in [2.05, 4.69) is 9.78 Å². The highest BCUT2D eigenvalue weighted by atomic mass is 17.2. The van der Waals surface area contributed by atoms with Gasteiger partial charge in [-0.15, -0.1) is 0 Å². The van der Waals surface area contributed by atoms with Gasteiger partial charge in [0.05, 0.1) is 6.61 Å². The van der Waals surface area contributed by atoms with Gasteiger partial charge in [-0.2, -0.15) is 0 Å². The number of ether oxygens (including phenoxy) is 1. The van der Waals surface area contributed by atoms with Crippen LogP contribution in [0.15, 0.2) is 0 Å². The van der Waals surface area contributed by atoms with E-state index < -0.39 is 0 Å². The highest BCUT2D eigenvalue weighted by Crippen LogP contribution is 2.15. The third-order valence-electron chi connectivity index (χ3n) is 2.53. The number of rotatable bonds is 0. The summed E-state index contributed by atoms with van der Waals surface area (Å²) in [6.07, 6.45) is 12.0. The summed E-state index contributed by atoms with van der Waals surface area (Å²) < 4.78 is 4.72. The summed E-state index contributed by atoms with van der Waals surface area (Å²) in [4.78, 5) is 8.79. The maximum atomic E-state index is 4.72.